The number of fused-ring (bicyclic) bond motifs is 1. The Kier molecular flexibility index (Phi) is 8.70. The van der Waals surface area contributed by atoms with Crippen molar-refractivity contribution in [3.8, 4) is 5.75 Å². The number of nitrogens with one attached hydrogen (secondary N) is 2. The summed E-state index contributed by atoms with van der Waals surface area (Å²) in [5.41, 5.74) is 4.14. The molecule has 0 radical (unpaired) electrons. The molecule has 2 aromatic carbocycles. The zero-order valence-corrected chi connectivity index (χ0v) is 20.5. The van der Waals surface area contributed by atoms with Crippen LogP contribution in [0, 0.1) is 0 Å². The number of β-amino-alcohol motifs (C(OH)–C–C–N with tert-alkyl or cyclic N) is 1. The molecule has 0 aliphatic carbocycles. The van der Waals surface area contributed by atoms with Crippen molar-refractivity contribution in [3.05, 3.63) is 83.4 Å². The monoisotopic (exact) mass is 491 g/mol. The average Bonchev–Trinajstić information content (AvgIpc) is 3.30. The number of aliphatic hydroxyl groups excluding tert-OH is 1. The molecule has 1 atom stereocenters. The number of hydrogen-bond acceptors (Lipinski definition) is 6. The van der Waals surface area contributed by atoms with Gasteiger partial charge < -0.3 is 25.0 Å². The summed E-state index contributed by atoms with van der Waals surface area (Å²) < 4.78 is 7.48. The predicted molar refractivity (Wildman–Crippen MR) is 136 cm³/mol. The van der Waals surface area contributed by atoms with Crippen LogP contribution in [0.25, 0.3) is 0 Å². The molecule has 36 heavy (non-hydrogen) atoms. The van der Waals surface area contributed by atoms with Crippen LogP contribution in [0.4, 0.5) is 0 Å². The minimum atomic E-state index is -0.669. The second kappa shape index (κ2) is 12.3. The summed E-state index contributed by atoms with van der Waals surface area (Å²) in [6.45, 7) is 2.62. The number of aliphatic hydroxyl groups is 1. The maximum atomic E-state index is 12.5. The quantitative estimate of drug-likeness (QED) is 0.373. The van der Waals surface area contributed by atoms with E-state index in [1.54, 1.807) is 36.8 Å². The Labute approximate surface area is 211 Å². The maximum Gasteiger partial charge on any atom is 0.258 e. The number of rotatable bonds is 11. The van der Waals surface area contributed by atoms with E-state index in [-0.39, 0.29) is 25.0 Å². The third-order valence-electron chi connectivity index (χ3n) is 6.26. The highest BCUT2D eigenvalue weighted by Gasteiger charge is 2.19. The molecule has 0 spiro atoms. The zero-order chi connectivity index (χ0) is 25.3. The normalized spacial score (nSPS) is 14.1. The molecule has 1 aliphatic heterocycles. The van der Waals surface area contributed by atoms with Crippen molar-refractivity contribution in [1.29, 1.82) is 0 Å². The van der Waals surface area contributed by atoms with Gasteiger partial charge in [-0.3, -0.25) is 14.5 Å². The second-order valence-corrected chi connectivity index (χ2v) is 9.03. The highest BCUT2D eigenvalue weighted by atomic mass is 16.5. The number of benzene rings is 2. The number of amides is 2. The Balaban J connectivity index is 1.15. The van der Waals surface area contributed by atoms with E-state index in [0.29, 0.717) is 30.8 Å². The fraction of sp³-hybridized carbons (Fsp3) is 0.370. The van der Waals surface area contributed by atoms with Crippen LogP contribution in [-0.2, 0) is 31.2 Å². The number of aryl methyl sites for hydroxylation is 1. The summed E-state index contributed by atoms with van der Waals surface area (Å²) in [6.07, 6.45) is 4.47. The Morgan fingerprint density at radius 3 is 2.78 bits per heavy atom. The Morgan fingerprint density at radius 1 is 1.14 bits per heavy atom. The summed E-state index contributed by atoms with van der Waals surface area (Å²) in [4.78, 5) is 30.9. The van der Waals surface area contributed by atoms with Gasteiger partial charge in [-0.2, -0.15) is 0 Å². The van der Waals surface area contributed by atoms with Crippen LogP contribution >= 0.6 is 0 Å². The predicted octanol–water partition coefficient (Wildman–Crippen LogP) is 1.31. The lowest BCUT2D eigenvalue weighted by molar-refractivity contribution is -0.123. The van der Waals surface area contributed by atoms with E-state index >= 15 is 0 Å². The van der Waals surface area contributed by atoms with Gasteiger partial charge in [0.15, 0.2) is 6.61 Å². The van der Waals surface area contributed by atoms with Gasteiger partial charge in [-0.25, -0.2) is 4.98 Å². The SMILES string of the molecule is Cn1cncc1CCNC(=O)c1cccc(OCC(=O)NC[C@@H](O)CN2CCc3ccccc3C2)c1. The van der Waals surface area contributed by atoms with Gasteiger partial charge >= 0.3 is 0 Å². The molecule has 190 valence electrons. The molecule has 9 nitrogen and oxygen atoms in total. The Hall–Kier alpha value is -3.69. The van der Waals surface area contributed by atoms with Crippen LogP contribution in [0.2, 0.25) is 0 Å². The van der Waals surface area contributed by atoms with E-state index in [4.69, 9.17) is 4.74 Å². The molecule has 0 bridgehead atoms. The number of aromatic nitrogens is 2. The van der Waals surface area contributed by atoms with Gasteiger partial charge in [-0.05, 0) is 35.7 Å². The first kappa shape index (κ1) is 25.4. The van der Waals surface area contributed by atoms with Crippen LogP contribution in [0.5, 0.6) is 5.75 Å². The number of carbonyl (C=O) groups excluding carboxylic acids is 2. The molecule has 9 heteroatoms. The molecule has 3 N–H and O–H groups in total. The highest BCUT2D eigenvalue weighted by molar-refractivity contribution is 5.94. The Bertz CT molecular complexity index is 1180. The smallest absolute Gasteiger partial charge is 0.258 e. The molecule has 2 heterocycles. The van der Waals surface area contributed by atoms with E-state index in [1.165, 1.54) is 11.1 Å². The molecule has 2 amide bonds. The minimum absolute atomic E-state index is 0.152. The largest absolute Gasteiger partial charge is 0.484 e. The van der Waals surface area contributed by atoms with Crippen LogP contribution < -0.4 is 15.4 Å². The van der Waals surface area contributed by atoms with Crippen LogP contribution in [0.15, 0.2) is 61.1 Å². The van der Waals surface area contributed by atoms with Gasteiger partial charge in [0, 0.05) is 63.6 Å². The first-order chi connectivity index (χ1) is 17.5. The summed E-state index contributed by atoms with van der Waals surface area (Å²) in [5.74, 6) is -0.114. The van der Waals surface area contributed by atoms with Crippen LogP contribution in [-0.4, -0.2) is 70.3 Å². The van der Waals surface area contributed by atoms with Crippen molar-refractivity contribution >= 4 is 11.8 Å². The number of ether oxygens (including phenoxy) is 1. The van der Waals surface area contributed by atoms with E-state index in [2.05, 4.69) is 38.7 Å². The van der Waals surface area contributed by atoms with E-state index in [1.807, 2.05) is 17.7 Å². The summed E-state index contributed by atoms with van der Waals surface area (Å²) in [6, 6.07) is 15.1. The van der Waals surface area contributed by atoms with Crippen molar-refractivity contribution in [3.63, 3.8) is 0 Å². The molecule has 0 saturated heterocycles. The van der Waals surface area contributed by atoms with E-state index < -0.39 is 6.10 Å². The van der Waals surface area contributed by atoms with Crippen molar-refractivity contribution in [2.45, 2.75) is 25.5 Å². The van der Waals surface area contributed by atoms with Gasteiger partial charge in [0.1, 0.15) is 5.75 Å². The van der Waals surface area contributed by atoms with E-state index in [0.717, 1.165) is 25.2 Å². The third kappa shape index (κ3) is 7.16. The maximum absolute atomic E-state index is 12.5. The molecule has 0 unspecified atom stereocenters. The molecule has 0 saturated carbocycles. The first-order valence-electron chi connectivity index (χ1n) is 12.2. The van der Waals surface area contributed by atoms with E-state index in [9.17, 15) is 14.7 Å². The fourth-order valence-corrected chi connectivity index (χ4v) is 4.26. The second-order valence-electron chi connectivity index (χ2n) is 9.03. The van der Waals surface area contributed by atoms with Crippen molar-refractivity contribution in [2.75, 3.05) is 32.8 Å². The molecule has 1 aromatic heterocycles. The van der Waals surface area contributed by atoms with Crippen LogP contribution in [0.3, 0.4) is 0 Å². The molecule has 4 rings (SSSR count). The highest BCUT2D eigenvalue weighted by Crippen LogP contribution is 2.18. The lowest BCUT2D eigenvalue weighted by atomic mass is 10.00. The minimum Gasteiger partial charge on any atom is -0.484 e. The average molecular weight is 492 g/mol. The lowest BCUT2D eigenvalue weighted by Crippen LogP contribution is -2.42. The van der Waals surface area contributed by atoms with Gasteiger partial charge in [0.05, 0.1) is 12.4 Å². The summed E-state index contributed by atoms with van der Waals surface area (Å²) >= 11 is 0. The molecule has 0 fully saturated rings. The van der Waals surface area contributed by atoms with Crippen molar-refractivity contribution in [1.82, 2.24) is 25.1 Å². The van der Waals surface area contributed by atoms with Crippen LogP contribution in [0.1, 0.15) is 27.2 Å². The van der Waals surface area contributed by atoms with Gasteiger partial charge in [0.25, 0.3) is 11.8 Å². The fourth-order valence-electron chi connectivity index (χ4n) is 4.26. The van der Waals surface area contributed by atoms with Crippen molar-refractivity contribution in [2.24, 2.45) is 7.05 Å². The zero-order valence-electron chi connectivity index (χ0n) is 20.5. The number of carbonyl (C=O) groups is 2. The van der Waals surface area contributed by atoms with Gasteiger partial charge in [-0.1, -0.05) is 30.3 Å². The summed E-state index contributed by atoms with van der Waals surface area (Å²) in [7, 11) is 1.91. The first-order valence-corrected chi connectivity index (χ1v) is 12.2. The third-order valence-corrected chi connectivity index (χ3v) is 6.26. The van der Waals surface area contributed by atoms with Gasteiger partial charge in [-0.15, -0.1) is 0 Å². The molecule has 1 aliphatic rings. The number of hydrogen-bond donors (Lipinski definition) is 3. The standard InChI is InChI=1S/C27H33N5O4/c1-31-19-28-14-23(31)9-11-29-27(35)21-7-4-8-25(13-21)36-18-26(34)30-15-24(33)17-32-12-10-20-5-2-3-6-22(20)16-32/h2-8,13-14,19,24,33H,9-12,15-18H2,1H3,(H,29,35)(H,30,34)/t24-/m1/s1. The molecular weight excluding hydrogens is 458 g/mol. The molecule has 3 aromatic rings. The Morgan fingerprint density at radius 2 is 1.97 bits per heavy atom. The van der Waals surface area contributed by atoms with Gasteiger partial charge in [0.2, 0.25) is 0 Å². The lowest BCUT2D eigenvalue weighted by Gasteiger charge is -2.30. The number of nitrogens with zero attached hydrogens (tertiary/aromatic N) is 3. The van der Waals surface area contributed by atoms with Crippen molar-refractivity contribution < 1.29 is 19.4 Å². The summed E-state index contributed by atoms with van der Waals surface area (Å²) in [5, 5.41) is 16.0. The number of imidazole rings is 1. The molecular formula is C27H33N5O4. The topological polar surface area (TPSA) is 109 Å².